The molecule has 0 saturated heterocycles. The molecule has 0 fully saturated rings. The minimum atomic E-state index is 0. The molecule has 0 saturated carbocycles. The molecule has 4 aromatic rings. The van der Waals surface area contributed by atoms with Gasteiger partial charge in [-0.25, -0.2) is 9.97 Å². The summed E-state index contributed by atoms with van der Waals surface area (Å²) in [6, 6.07) is 21.1. The normalized spacial score (nSPS) is 12.7. The van der Waals surface area contributed by atoms with Crippen molar-refractivity contribution in [3.05, 3.63) is 106 Å². The summed E-state index contributed by atoms with van der Waals surface area (Å²) in [6.45, 7) is 8.69. The van der Waals surface area contributed by atoms with E-state index in [0.29, 0.717) is 0 Å². The second kappa shape index (κ2) is 8.84. The summed E-state index contributed by atoms with van der Waals surface area (Å²) < 4.78 is 0. The third-order valence-corrected chi connectivity index (χ3v) is 6.91. The van der Waals surface area contributed by atoms with Crippen LogP contribution >= 0.6 is 0 Å². The monoisotopic (exact) mass is 501 g/mol. The Hall–Kier alpha value is -3.67. The number of aromatic nitrogens is 4. The van der Waals surface area contributed by atoms with E-state index in [4.69, 9.17) is 9.97 Å². The van der Waals surface area contributed by atoms with Crippen molar-refractivity contribution in [3.8, 4) is 0 Å². The van der Waals surface area contributed by atoms with Gasteiger partial charge in [0.15, 0.2) is 0 Å². The number of nitrogens with zero attached hydrogens (tertiary/aromatic N) is 2. The Morgan fingerprint density at radius 1 is 0.657 bits per heavy atom. The summed E-state index contributed by atoms with van der Waals surface area (Å²) in [5, 5.41) is 0. The molecule has 175 valence electrons. The summed E-state index contributed by atoms with van der Waals surface area (Å²) in [5.41, 5.74) is 15.3. The number of aryl methyl sites for hydroxylation is 3. The zero-order chi connectivity index (χ0) is 23.4. The van der Waals surface area contributed by atoms with Crippen LogP contribution < -0.4 is 0 Å². The average Bonchev–Trinajstić information content (AvgIpc) is 3.59. The van der Waals surface area contributed by atoms with E-state index >= 15 is 0 Å². The third kappa shape index (κ3) is 3.97. The van der Waals surface area contributed by atoms with Gasteiger partial charge >= 0.3 is 0 Å². The van der Waals surface area contributed by atoms with E-state index in [-0.39, 0.29) is 16.8 Å². The van der Waals surface area contributed by atoms with Crippen LogP contribution in [0.1, 0.15) is 52.0 Å². The number of rotatable bonds is 1. The predicted molar refractivity (Wildman–Crippen MR) is 142 cm³/mol. The fourth-order valence-corrected chi connectivity index (χ4v) is 4.97. The van der Waals surface area contributed by atoms with Gasteiger partial charge in [0.1, 0.15) is 0 Å². The van der Waals surface area contributed by atoms with Crippen LogP contribution in [0.5, 0.6) is 0 Å². The molecule has 1 aromatic carbocycles. The standard InChI is InChI=1S/C30H26N4.Co/c1-17-18(2)29-20(4)30-19(3)28(21-8-6-5-7-9-21)27(34-30)16-25-13-11-23(32-25)14-22-10-12-24(31-22)15-26(17)33-29;/h5-16,32-33H,1-4H3;. The van der Waals surface area contributed by atoms with Crippen LogP contribution in [0.3, 0.4) is 0 Å². The van der Waals surface area contributed by atoms with E-state index in [2.05, 4.69) is 110 Å². The molecule has 2 aliphatic rings. The maximum absolute atomic E-state index is 5.18. The summed E-state index contributed by atoms with van der Waals surface area (Å²) in [5.74, 6) is 0. The zero-order valence-electron chi connectivity index (χ0n) is 20.2. The van der Waals surface area contributed by atoms with Gasteiger partial charge in [0.25, 0.3) is 0 Å². The molecular formula is C30H26CoN4. The van der Waals surface area contributed by atoms with Crippen LogP contribution in [0.15, 0.2) is 60.7 Å². The van der Waals surface area contributed by atoms with Gasteiger partial charge in [-0.3, -0.25) is 0 Å². The Morgan fingerprint density at radius 2 is 1.34 bits per heavy atom. The van der Waals surface area contributed by atoms with Crippen molar-refractivity contribution in [1.29, 1.82) is 0 Å². The molecule has 5 heteroatoms. The molecule has 6 rings (SSSR count). The van der Waals surface area contributed by atoms with E-state index < -0.39 is 0 Å². The number of allylic oxidation sites excluding steroid dienone is 1. The smallest absolute Gasteiger partial charge is 0.0739 e. The fourth-order valence-electron chi connectivity index (χ4n) is 4.97. The molecule has 0 atom stereocenters. The second-order valence-electron chi connectivity index (χ2n) is 9.10. The largest absolute Gasteiger partial charge is 0.355 e. The first kappa shape index (κ1) is 23.1. The number of hydrogen-bond donors (Lipinski definition) is 2. The molecular weight excluding hydrogens is 475 g/mol. The van der Waals surface area contributed by atoms with Gasteiger partial charge in [-0.05, 0) is 98.0 Å². The van der Waals surface area contributed by atoms with Crippen LogP contribution in [0.2, 0.25) is 0 Å². The van der Waals surface area contributed by atoms with Gasteiger partial charge in [-0.2, -0.15) is 0 Å². The summed E-state index contributed by atoms with van der Waals surface area (Å²) >= 11 is 0. The molecule has 3 aromatic heterocycles. The first-order chi connectivity index (χ1) is 16.5. The topological polar surface area (TPSA) is 57.4 Å². The molecule has 35 heavy (non-hydrogen) atoms. The predicted octanol–water partition coefficient (Wildman–Crippen LogP) is 7.39. The molecule has 0 aliphatic carbocycles. The van der Waals surface area contributed by atoms with E-state index in [1.54, 1.807) is 0 Å². The Balaban J connectivity index is 0.00000253. The first-order valence-electron chi connectivity index (χ1n) is 11.6. The van der Waals surface area contributed by atoms with E-state index in [9.17, 15) is 0 Å². The number of hydrogen-bond acceptors (Lipinski definition) is 2. The molecule has 5 heterocycles. The van der Waals surface area contributed by atoms with Crippen LogP contribution in [-0.2, 0) is 16.8 Å². The summed E-state index contributed by atoms with van der Waals surface area (Å²) in [4.78, 5) is 17.2. The second-order valence-corrected chi connectivity index (χ2v) is 9.10. The molecule has 0 amide bonds. The minimum absolute atomic E-state index is 0. The quantitative estimate of drug-likeness (QED) is 0.252. The van der Waals surface area contributed by atoms with Crippen molar-refractivity contribution in [2.75, 3.05) is 0 Å². The van der Waals surface area contributed by atoms with Gasteiger partial charge in [0, 0.05) is 44.4 Å². The first-order valence-corrected chi connectivity index (χ1v) is 11.6. The Bertz CT molecular complexity index is 1680. The van der Waals surface area contributed by atoms with Crippen molar-refractivity contribution in [1.82, 2.24) is 19.9 Å². The minimum Gasteiger partial charge on any atom is -0.355 e. The molecule has 2 aliphatic heterocycles. The number of fused-ring (bicyclic) bond motifs is 8. The van der Waals surface area contributed by atoms with Crippen molar-refractivity contribution in [3.63, 3.8) is 0 Å². The number of H-pyrrole nitrogens is 2. The third-order valence-electron chi connectivity index (χ3n) is 6.91. The van der Waals surface area contributed by atoms with Gasteiger partial charge in [0.2, 0.25) is 0 Å². The number of nitrogens with one attached hydrogen (secondary N) is 2. The molecule has 0 unspecified atom stereocenters. The van der Waals surface area contributed by atoms with Crippen molar-refractivity contribution >= 4 is 45.4 Å². The van der Waals surface area contributed by atoms with Crippen LogP contribution in [0.4, 0.5) is 0 Å². The maximum Gasteiger partial charge on any atom is 0.0739 e. The van der Waals surface area contributed by atoms with E-state index in [0.717, 1.165) is 50.4 Å². The van der Waals surface area contributed by atoms with Crippen LogP contribution in [-0.4, -0.2) is 19.9 Å². The molecule has 4 nitrogen and oxygen atoms in total. The SMILES string of the molecule is CC1=C(c2ccccc2)c2cc3ccc(cc4nc(cc5[nH]c(c(C)c1n2)c(C)c5C)C=C4)[nH]3.[Co]. The van der Waals surface area contributed by atoms with Crippen molar-refractivity contribution in [2.24, 2.45) is 0 Å². The van der Waals surface area contributed by atoms with Gasteiger partial charge in [-0.15, -0.1) is 0 Å². The number of aromatic amines is 2. The fraction of sp³-hybridized carbons (Fsp3) is 0.133. The maximum atomic E-state index is 5.18. The Labute approximate surface area is 215 Å². The summed E-state index contributed by atoms with van der Waals surface area (Å²) in [6.07, 6.45) is 4.12. The number of benzene rings is 1. The Morgan fingerprint density at radius 3 is 2.09 bits per heavy atom. The molecule has 1 radical (unpaired) electrons. The molecule has 8 bridgehead atoms. The average molecular weight is 501 g/mol. The Kier molecular flexibility index (Phi) is 5.83. The van der Waals surface area contributed by atoms with E-state index in [1.807, 2.05) is 0 Å². The van der Waals surface area contributed by atoms with Crippen LogP contribution in [0.25, 0.3) is 45.4 Å². The van der Waals surface area contributed by atoms with Gasteiger partial charge in [-0.1, -0.05) is 30.3 Å². The summed E-state index contributed by atoms with van der Waals surface area (Å²) in [7, 11) is 0. The van der Waals surface area contributed by atoms with Crippen molar-refractivity contribution < 1.29 is 16.8 Å². The molecule has 0 spiro atoms. The molecule has 2 N–H and O–H groups in total. The van der Waals surface area contributed by atoms with Crippen LogP contribution in [0, 0.1) is 20.8 Å². The van der Waals surface area contributed by atoms with E-state index in [1.165, 1.54) is 27.8 Å². The van der Waals surface area contributed by atoms with Crippen molar-refractivity contribution in [2.45, 2.75) is 27.7 Å². The van der Waals surface area contributed by atoms with Gasteiger partial charge in [0.05, 0.1) is 22.8 Å². The zero-order valence-corrected chi connectivity index (χ0v) is 21.2. The van der Waals surface area contributed by atoms with Gasteiger partial charge < -0.3 is 9.97 Å².